The van der Waals surface area contributed by atoms with E-state index in [2.05, 4.69) is 22.6 Å². The van der Waals surface area contributed by atoms with Crippen LogP contribution in [0, 0.1) is 3.57 Å². The normalized spacial score (nSPS) is 15.4. The average molecular weight is 293 g/mol. The van der Waals surface area contributed by atoms with Gasteiger partial charge in [0.2, 0.25) is 0 Å². The van der Waals surface area contributed by atoms with Crippen molar-refractivity contribution in [2.75, 3.05) is 6.61 Å². The molecule has 0 heterocycles. The fraction of sp³-hybridized carbons (Fsp3) is 0.333. The van der Waals surface area contributed by atoms with Gasteiger partial charge in [-0.05, 0) is 40.3 Å². The van der Waals surface area contributed by atoms with E-state index in [1.165, 1.54) is 0 Å². The quantitative estimate of drug-likeness (QED) is 0.717. The van der Waals surface area contributed by atoms with Crippen molar-refractivity contribution in [3.8, 4) is 0 Å². The molecule has 0 aliphatic rings. The van der Waals surface area contributed by atoms with Crippen LogP contribution in [0.2, 0.25) is 0 Å². The second-order valence-electron chi connectivity index (χ2n) is 2.84. The molecular formula is C9H12INO2. The second-order valence-corrected chi connectivity index (χ2v) is 4.09. The summed E-state index contributed by atoms with van der Waals surface area (Å²) in [6.45, 7) is -0.215. The predicted octanol–water partition coefficient (Wildman–Crippen LogP) is 0.644. The first-order valence-corrected chi connectivity index (χ1v) is 5.03. The molecule has 72 valence electrons. The van der Waals surface area contributed by atoms with Gasteiger partial charge in [-0.25, -0.2) is 0 Å². The molecule has 0 aliphatic heterocycles. The average Bonchev–Trinajstić information content (AvgIpc) is 2.17. The first-order valence-electron chi connectivity index (χ1n) is 3.95. The largest absolute Gasteiger partial charge is 0.395 e. The highest BCUT2D eigenvalue weighted by molar-refractivity contribution is 14.1. The Hall–Kier alpha value is -0.170. The van der Waals surface area contributed by atoms with E-state index in [0.717, 1.165) is 9.13 Å². The number of halogens is 1. The van der Waals surface area contributed by atoms with Gasteiger partial charge < -0.3 is 15.9 Å². The van der Waals surface area contributed by atoms with Gasteiger partial charge in [-0.1, -0.05) is 12.1 Å². The fourth-order valence-corrected chi connectivity index (χ4v) is 1.37. The zero-order valence-electron chi connectivity index (χ0n) is 7.02. The molecular weight excluding hydrogens is 281 g/mol. The summed E-state index contributed by atoms with van der Waals surface area (Å²) in [6, 6.07) is 6.79. The molecule has 0 fully saturated rings. The van der Waals surface area contributed by atoms with Crippen molar-refractivity contribution in [2.24, 2.45) is 5.73 Å². The first kappa shape index (κ1) is 10.9. The van der Waals surface area contributed by atoms with Crippen LogP contribution in [0.15, 0.2) is 24.3 Å². The molecule has 0 saturated heterocycles. The Bertz CT molecular complexity index is 263. The molecule has 3 nitrogen and oxygen atoms in total. The van der Waals surface area contributed by atoms with Crippen molar-refractivity contribution >= 4 is 22.6 Å². The molecule has 0 spiro atoms. The molecule has 4 heteroatoms. The fourth-order valence-electron chi connectivity index (χ4n) is 1.01. The summed E-state index contributed by atoms with van der Waals surface area (Å²) in [5.74, 6) is 0. The van der Waals surface area contributed by atoms with Gasteiger partial charge in [-0.3, -0.25) is 0 Å². The number of nitrogens with two attached hydrogens (primary N) is 1. The summed E-state index contributed by atoms with van der Waals surface area (Å²) in [4.78, 5) is 0. The maximum atomic E-state index is 9.59. The van der Waals surface area contributed by atoms with Crippen LogP contribution in [0.4, 0.5) is 0 Å². The number of rotatable bonds is 3. The van der Waals surface area contributed by atoms with Crippen LogP contribution in [0.3, 0.4) is 0 Å². The van der Waals surface area contributed by atoms with Gasteiger partial charge in [0.1, 0.15) is 0 Å². The molecule has 13 heavy (non-hydrogen) atoms. The molecule has 0 bridgehead atoms. The minimum atomic E-state index is -0.790. The predicted molar refractivity (Wildman–Crippen MR) is 59.2 cm³/mol. The molecule has 0 aliphatic carbocycles. The lowest BCUT2D eigenvalue weighted by molar-refractivity contribution is 0.109. The highest BCUT2D eigenvalue weighted by Crippen LogP contribution is 2.16. The van der Waals surface area contributed by atoms with E-state index in [-0.39, 0.29) is 6.61 Å². The minimum absolute atomic E-state index is 0.215. The summed E-state index contributed by atoms with van der Waals surface area (Å²) >= 11 is 2.18. The van der Waals surface area contributed by atoms with Gasteiger partial charge in [-0.15, -0.1) is 0 Å². The van der Waals surface area contributed by atoms with Gasteiger partial charge in [0.15, 0.2) is 0 Å². The van der Waals surface area contributed by atoms with Crippen molar-refractivity contribution in [3.63, 3.8) is 0 Å². The van der Waals surface area contributed by atoms with Crippen molar-refractivity contribution in [1.29, 1.82) is 0 Å². The van der Waals surface area contributed by atoms with E-state index in [1.807, 2.05) is 24.3 Å². The van der Waals surface area contributed by atoms with Gasteiger partial charge in [-0.2, -0.15) is 0 Å². The number of benzene rings is 1. The molecule has 1 aromatic carbocycles. The van der Waals surface area contributed by atoms with Crippen molar-refractivity contribution < 1.29 is 10.2 Å². The summed E-state index contributed by atoms with van der Waals surface area (Å²) < 4.78 is 1.10. The van der Waals surface area contributed by atoms with E-state index in [0.29, 0.717) is 0 Å². The molecule has 0 radical (unpaired) electrons. The Balaban J connectivity index is 2.77. The van der Waals surface area contributed by atoms with Crippen LogP contribution in [-0.2, 0) is 0 Å². The van der Waals surface area contributed by atoms with E-state index in [1.54, 1.807) is 0 Å². The third-order valence-electron chi connectivity index (χ3n) is 1.83. The van der Waals surface area contributed by atoms with Crippen LogP contribution in [-0.4, -0.2) is 22.9 Å². The third-order valence-corrected chi connectivity index (χ3v) is 2.55. The Morgan fingerprint density at radius 2 is 1.85 bits per heavy atom. The van der Waals surface area contributed by atoms with E-state index >= 15 is 0 Å². The monoisotopic (exact) mass is 293 g/mol. The maximum Gasteiger partial charge on any atom is 0.0963 e. The molecule has 1 rings (SSSR count). The first-order chi connectivity index (χ1) is 6.15. The summed E-state index contributed by atoms with van der Waals surface area (Å²) in [5, 5.41) is 18.3. The molecule has 0 unspecified atom stereocenters. The number of hydrogen-bond acceptors (Lipinski definition) is 3. The number of aliphatic hydroxyl groups is 2. The Morgan fingerprint density at radius 1 is 1.31 bits per heavy atom. The number of aliphatic hydroxyl groups excluding tert-OH is 2. The lowest BCUT2D eigenvalue weighted by Gasteiger charge is -2.16. The summed E-state index contributed by atoms with van der Waals surface area (Å²) in [7, 11) is 0. The topological polar surface area (TPSA) is 66.5 Å². The van der Waals surface area contributed by atoms with E-state index in [9.17, 15) is 5.11 Å². The van der Waals surface area contributed by atoms with Crippen molar-refractivity contribution in [2.45, 2.75) is 12.1 Å². The molecule has 1 aromatic rings. The van der Waals surface area contributed by atoms with Crippen molar-refractivity contribution in [1.82, 2.24) is 0 Å². The van der Waals surface area contributed by atoms with Gasteiger partial charge >= 0.3 is 0 Å². The van der Waals surface area contributed by atoms with E-state index in [4.69, 9.17) is 10.8 Å². The Kier molecular flexibility index (Phi) is 4.11. The van der Waals surface area contributed by atoms with Gasteiger partial charge in [0, 0.05) is 3.57 Å². The van der Waals surface area contributed by atoms with Crippen molar-refractivity contribution in [3.05, 3.63) is 33.4 Å². The SMILES string of the molecule is N[C@H](CO)[C@H](O)c1ccc(I)cc1. The van der Waals surface area contributed by atoms with E-state index < -0.39 is 12.1 Å². The molecule has 0 aromatic heterocycles. The van der Waals surface area contributed by atoms with Crippen LogP contribution in [0.25, 0.3) is 0 Å². The lowest BCUT2D eigenvalue weighted by atomic mass is 10.0. The molecule has 0 amide bonds. The van der Waals surface area contributed by atoms with Gasteiger partial charge in [0.05, 0.1) is 18.8 Å². The van der Waals surface area contributed by atoms with Crippen LogP contribution in [0.1, 0.15) is 11.7 Å². The van der Waals surface area contributed by atoms with Crippen LogP contribution in [0.5, 0.6) is 0 Å². The van der Waals surface area contributed by atoms with Crippen LogP contribution < -0.4 is 5.73 Å². The summed E-state index contributed by atoms with van der Waals surface area (Å²) in [5.41, 5.74) is 6.22. The number of hydrogen-bond donors (Lipinski definition) is 3. The maximum absolute atomic E-state index is 9.59. The minimum Gasteiger partial charge on any atom is -0.395 e. The standard InChI is InChI=1S/C9H12INO2/c10-7-3-1-6(2-4-7)9(13)8(11)5-12/h1-4,8-9,12-13H,5,11H2/t8-,9-/m1/s1. The Morgan fingerprint density at radius 3 is 2.31 bits per heavy atom. The van der Waals surface area contributed by atoms with Gasteiger partial charge in [0.25, 0.3) is 0 Å². The summed E-state index contributed by atoms with van der Waals surface area (Å²) in [6.07, 6.45) is -0.790. The zero-order valence-corrected chi connectivity index (χ0v) is 9.18. The molecule has 2 atom stereocenters. The third kappa shape index (κ3) is 2.91. The Labute approximate surface area is 90.7 Å². The molecule has 0 saturated carbocycles. The highest BCUT2D eigenvalue weighted by atomic mass is 127. The van der Waals surface area contributed by atoms with Crippen LogP contribution >= 0.6 is 22.6 Å². The highest BCUT2D eigenvalue weighted by Gasteiger charge is 2.15. The second kappa shape index (κ2) is 4.90. The molecule has 4 N–H and O–H groups in total. The lowest BCUT2D eigenvalue weighted by Crippen LogP contribution is -2.31. The zero-order chi connectivity index (χ0) is 9.84. The smallest absolute Gasteiger partial charge is 0.0963 e.